The second-order valence-electron chi connectivity index (χ2n) is 4.82. The van der Waals surface area contributed by atoms with Gasteiger partial charge in [-0.05, 0) is 32.4 Å². The molecule has 0 bridgehead atoms. The van der Waals surface area contributed by atoms with Crippen LogP contribution in [-0.2, 0) is 0 Å². The largest absolute Gasteiger partial charge is 0.385 e. The Hall–Kier alpha value is -1.70. The molecule has 18 heavy (non-hydrogen) atoms. The Balaban J connectivity index is 2.29. The zero-order chi connectivity index (χ0) is 13.0. The van der Waals surface area contributed by atoms with E-state index in [2.05, 4.69) is 61.4 Å². The molecule has 2 aromatic rings. The van der Waals surface area contributed by atoms with Crippen LogP contribution in [-0.4, -0.2) is 11.5 Å². The molecular weight excluding hydrogens is 220 g/mol. The lowest BCUT2D eigenvalue weighted by Gasteiger charge is -2.11. The maximum atomic E-state index is 3.54. The first-order valence-electron chi connectivity index (χ1n) is 6.72. The van der Waals surface area contributed by atoms with Gasteiger partial charge in [0.1, 0.15) is 0 Å². The smallest absolute Gasteiger partial charge is 0.0420 e. The lowest BCUT2D eigenvalue weighted by atomic mass is 10.0. The Morgan fingerprint density at radius 1 is 1.11 bits per heavy atom. The van der Waals surface area contributed by atoms with Crippen LogP contribution in [0.5, 0.6) is 0 Å². The first-order chi connectivity index (χ1) is 8.72. The van der Waals surface area contributed by atoms with E-state index in [0.717, 1.165) is 6.54 Å². The zero-order valence-electron chi connectivity index (χ0n) is 11.5. The molecule has 0 aliphatic heterocycles. The summed E-state index contributed by atoms with van der Waals surface area (Å²) in [6, 6.07) is 10.8. The molecule has 0 spiro atoms. The highest BCUT2D eigenvalue weighted by molar-refractivity contribution is 5.79. The van der Waals surface area contributed by atoms with E-state index in [1.807, 2.05) is 0 Å². The molecule has 0 saturated heterocycles. The van der Waals surface area contributed by atoms with Gasteiger partial charge in [-0.1, -0.05) is 31.5 Å². The molecule has 0 aliphatic carbocycles. The summed E-state index contributed by atoms with van der Waals surface area (Å²) in [5.41, 5.74) is 6.26. The molecular formula is C16H22N2. The molecule has 2 nitrogen and oxygen atoms in total. The number of anilines is 1. The number of aromatic nitrogens is 1. The van der Waals surface area contributed by atoms with Gasteiger partial charge in [0.15, 0.2) is 0 Å². The standard InChI is InChI=1S/C16H22N2/c1-4-5-10-17-16-9-7-6-8-14(16)15-11-12(2)18-13(15)3/h6-9,11,17-18H,4-5,10H2,1-3H3. The molecule has 1 aromatic carbocycles. The molecule has 0 amide bonds. The SMILES string of the molecule is CCCCNc1ccccc1-c1cc(C)[nH]c1C. The third-order valence-corrected chi connectivity index (χ3v) is 3.21. The van der Waals surface area contributed by atoms with Gasteiger partial charge < -0.3 is 10.3 Å². The molecule has 96 valence electrons. The van der Waals surface area contributed by atoms with Crippen molar-refractivity contribution in [2.75, 3.05) is 11.9 Å². The van der Waals surface area contributed by atoms with Crippen LogP contribution in [0.1, 0.15) is 31.2 Å². The minimum atomic E-state index is 1.04. The van der Waals surface area contributed by atoms with Crippen molar-refractivity contribution in [2.24, 2.45) is 0 Å². The van der Waals surface area contributed by atoms with Crippen molar-refractivity contribution >= 4 is 5.69 Å². The van der Waals surface area contributed by atoms with Crippen LogP contribution >= 0.6 is 0 Å². The van der Waals surface area contributed by atoms with Crippen molar-refractivity contribution in [3.63, 3.8) is 0 Å². The van der Waals surface area contributed by atoms with Gasteiger partial charge in [0.2, 0.25) is 0 Å². The molecule has 0 atom stereocenters. The van der Waals surface area contributed by atoms with Gasteiger partial charge in [-0.2, -0.15) is 0 Å². The number of para-hydroxylation sites is 1. The Kier molecular flexibility index (Phi) is 4.08. The number of aryl methyl sites for hydroxylation is 2. The molecule has 0 saturated carbocycles. The molecule has 0 unspecified atom stereocenters. The first-order valence-corrected chi connectivity index (χ1v) is 6.72. The van der Waals surface area contributed by atoms with Gasteiger partial charge >= 0.3 is 0 Å². The normalized spacial score (nSPS) is 10.6. The number of benzene rings is 1. The van der Waals surface area contributed by atoms with Crippen LogP contribution in [0.4, 0.5) is 5.69 Å². The third-order valence-electron chi connectivity index (χ3n) is 3.21. The minimum absolute atomic E-state index is 1.04. The van der Waals surface area contributed by atoms with Gasteiger partial charge in [-0.25, -0.2) is 0 Å². The Morgan fingerprint density at radius 3 is 2.56 bits per heavy atom. The quantitative estimate of drug-likeness (QED) is 0.742. The molecule has 2 rings (SSSR count). The van der Waals surface area contributed by atoms with Crippen LogP contribution in [0, 0.1) is 13.8 Å². The topological polar surface area (TPSA) is 27.8 Å². The number of aromatic amines is 1. The summed E-state index contributed by atoms with van der Waals surface area (Å²) in [6.07, 6.45) is 2.43. The van der Waals surface area contributed by atoms with E-state index in [0.29, 0.717) is 0 Å². The predicted octanol–water partition coefficient (Wildman–Crippen LogP) is 4.51. The maximum Gasteiger partial charge on any atom is 0.0420 e. The van der Waals surface area contributed by atoms with E-state index in [9.17, 15) is 0 Å². The van der Waals surface area contributed by atoms with Gasteiger partial charge in [0.25, 0.3) is 0 Å². The van der Waals surface area contributed by atoms with Crippen molar-refractivity contribution in [1.82, 2.24) is 4.98 Å². The van der Waals surface area contributed by atoms with Crippen molar-refractivity contribution in [2.45, 2.75) is 33.6 Å². The minimum Gasteiger partial charge on any atom is -0.385 e. The fourth-order valence-electron chi connectivity index (χ4n) is 2.28. The van der Waals surface area contributed by atoms with E-state index in [-0.39, 0.29) is 0 Å². The molecule has 0 fully saturated rings. The number of unbranched alkanes of at least 4 members (excludes halogenated alkanes) is 1. The van der Waals surface area contributed by atoms with Crippen LogP contribution in [0.25, 0.3) is 11.1 Å². The first kappa shape index (κ1) is 12.7. The van der Waals surface area contributed by atoms with Crippen LogP contribution in [0.2, 0.25) is 0 Å². The predicted molar refractivity (Wildman–Crippen MR) is 79.1 cm³/mol. The number of hydrogen-bond acceptors (Lipinski definition) is 1. The van der Waals surface area contributed by atoms with Crippen LogP contribution < -0.4 is 5.32 Å². The summed E-state index contributed by atoms with van der Waals surface area (Å²) < 4.78 is 0. The van der Waals surface area contributed by atoms with Crippen LogP contribution in [0.3, 0.4) is 0 Å². The van der Waals surface area contributed by atoms with E-state index in [1.165, 1.54) is 41.0 Å². The van der Waals surface area contributed by atoms with Crippen molar-refractivity contribution in [3.8, 4) is 11.1 Å². The summed E-state index contributed by atoms with van der Waals surface area (Å²) in [5.74, 6) is 0. The summed E-state index contributed by atoms with van der Waals surface area (Å²) in [6.45, 7) is 7.48. The number of hydrogen-bond donors (Lipinski definition) is 2. The van der Waals surface area contributed by atoms with Gasteiger partial charge in [0.05, 0.1) is 0 Å². The molecule has 0 aliphatic rings. The second kappa shape index (κ2) is 5.76. The highest BCUT2D eigenvalue weighted by atomic mass is 14.9. The monoisotopic (exact) mass is 242 g/mol. The number of rotatable bonds is 5. The average Bonchev–Trinajstić information content (AvgIpc) is 2.69. The summed E-state index contributed by atoms with van der Waals surface area (Å²) in [4.78, 5) is 3.37. The zero-order valence-corrected chi connectivity index (χ0v) is 11.5. The average molecular weight is 242 g/mol. The van der Waals surface area contributed by atoms with Gasteiger partial charge in [-0.3, -0.25) is 0 Å². The third kappa shape index (κ3) is 2.76. The molecule has 1 heterocycles. The van der Waals surface area contributed by atoms with Crippen molar-refractivity contribution in [3.05, 3.63) is 41.7 Å². The fraction of sp³-hybridized carbons (Fsp3) is 0.375. The number of H-pyrrole nitrogens is 1. The summed E-state index contributed by atoms with van der Waals surface area (Å²) in [7, 11) is 0. The maximum absolute atomic E-state index is 3.54. The second-order valence-corrected chi connectivity index (χ2v) is 4.82. The highest BCUT2D eigenvalue weighted by Crippen LogP contribution is 2.30. The Bertz CT molecular complexity index is 512. The van der Waals surface area contributed by atoms with E-state index in [4.69, 9.17) is 0 Å². The molecule has 2 heteroatoms. The lowest BCUT2D eigenvalue weighted by molar-refractivity contribution is 0.834. The van der Waals surface area contributed by atoms with E-state index in [1.54, 1.807) is 0 Å². The summed E-state index contributed by atoms with van der Waals surface area (Å²) in [5, 5.41) is 3.54. The Morgan fingerprint density at radius 2 is 1.89 bits per heavy atom. The van der Waals surface area contributed by atoms with Crippen LogP contribution in [0.15, 0.2) is 30.3 Å². The molecule has 1 aromatic heterocycles. The van der Waals surface area contributed by atoms with Crippen molar-refractivity contribution in [1.29, 1.82) is 0 Å². The van der Waals surface area contributed by atoms with E-state index >= 15 is 0 Å². The number of nitrogens with one attached hydrogen (secondary N) is 2. The fourth-order valence-corrected chi connectivity index (χ4v) is 2.28. The Labute approximate surface area is 109 Å². The summed E-state index contributed by atoms with van der Waals surface area (Å²) >= 11 is 0. The lowest BCUT2D eigenvalue weighted by Crippen LogP contribution is -2.02. The van der Waals surface area contributed by atoms with E-state index < -0.39 is 0 Å². The van der Waals surface area contributed by atoms with Crippen molar-refractivity contribution < 1.29 is 0 Å². The van der Waals surface area contributed by atoms with Gasteiger partial charge in [-0.15, -0.1) is 0 Å². The van der Waals surface area contributed by atoms with Gasteiger partial charge in [0, 0.05) is 34.7 Å². The molecule has 0 radical (unpaired) electrons. The molecule has 2 N–H and O–H groups in total. The highest BCUT2D eigenvalue weighted by Gasteiger charge is 2.08.